The number of aliphatic hydroxyl groups is 1. The summed E-state index contributed by atoms with van der Waals surface area (Å²) < 4.78 is 4.89. The second-order valence-corrected chi connectivity index (χ2v) is 3.26. The lowest BCUT2D eigenvalue weighted by Gasteiger charge is -2.24. The number of ether oxygens (including phenoxy) is 1. The Morgan fingerprint density at radius 2 is 1.85 bits per heavy atom. The van der Waals surface area contributed by atoms with Crippen molar-refractivity contribution in [2.24, 2.45) is 0 Å². The molecule has 0 heterocycles. The zero-order valence-electron chi connectivity index (χ0n) is 8.80. The van der Waals surface area contributed by atoms with Crippen molar-refractivity contribution in [2.45, 2.75) is 52.1 Å². The van der Waals surface area contributed by atoms with Gasteiger partial charge in [0.05, 0.1) is 12.2 Å². The molecule has 3 heteroatoms. The van der Waals surface area contributed by atoms with E-state index in [1.807, 2.05) is 13.8 Å². The molecule has 0 bridgehead atoms. The van der Waals surface area contributed by atoms with Crippen molar-refractivity contribution in [3.8, 4) is 0 Å². The fourth-order valence-corrected chi connectivity index (χ4v) is 1.06. The van der Waals surface area contributed by atoms with E-state index in [1.54, 1.807) is 6.92 Å². The van der Waals surface area contributed by atoms with E-state index in [9.17, 15) is 9.90 Å². The minimum atomic E-state index is -0.659. The van der Waals surface area contributed by atoms with E-state index < -0.39 is 5.60 Å². The molecular formula is C10H20O3. The number of carbonyl (C=O) groups is 1. The van der Waals surface area contributed by atoms with E-state index in [-0.39, 0.29) is 5.97 Å². The number of esters is 1. The number of hydrogen-bond acceptors (Lipinski definition) is 3. The largest absolute Gasteiger partial charge is 0.466 e. The van der Waals surface area contributed by atoms with Crippen LogP contribution in [0.4, 0.5) is 0 Å². The lowest BCUT2D eigenvalue weighted by atomic mass is 9.94. The fourth-order valence-electron chi connectivity index (χ4n) is 1.06. The molecule has 0 saturated heterocycles. The highest BCUT2D eigenvalue weighted by molar-refractivity contribution is 5.68. The van der Waals surface area contributed by atoms with Crippen LogP contribution < -0.4 is 0 Å². The molecule has 0 atom stereocenters. The minimum Gasteiger partial charge on any atom is -0.466 e. The molecule has 13 heavy (non-hydrogen) atoms. The maximum absolute atomic E-state index is 10.8. The molecule has 0 aliphatic heterocycles. The predicted molar refractivity (Wildman–Crippen MR) is 51.4 cm³/mol. The van der Waals surface area contributed by atoms with Crippen LogP contribution in [0.5, 0.6) is 0 Å². The monoisotopic (exact) mass is 188 g/mol. The van der Waals surface area contributed by atoms with E-state index in [0.717, 1.165) is 0 Å². The number of carbonyl (C=O) groups excluding carboxylic acids is 1. The van der Waals surface area contributed by atoms with Gasteiger partial charge in [0.15, 0.2) is 0 Å². The SMILES string of the molecule is CCC(=O)OCCC(O)(CC)CC. The van der Waals surface area contributed by atoms with Gasteiger partial charge in [0.25, 0.3) is 0 Å². The molecule has 3 nitrogen and oxygen atoms in total. The van der Waals surface area contributed by atoms with Crippen LogP contribution in [0.2, 0.25) is 0 Å². The molecule has 0 aromatic heterocycles. The van der Waals surface area contributed by atoms with Crippen LogP contribution in [-0.2, 0) is 9.53 Å². The van der Waals surface area contributed by atoms with Crippen LogP contribution in [0.3, 0.4) is 0 Å². The lowest BCUT2D eigenvalue weighted by molar-refractivity contribution is -0.144. The molecule has 0 radical (unpaired) electrons. The van der Waals surface area contributed by atoms with Crippen LogP contribution in [0.1, 0.15) is 46.5 Å². The molecule has 0 aromatic carbocycles. The van der Waals surface area contributed by atoms with Gasteiger partial charge in [0.2, 0.25) is 0 Å². The third-order valence-corrected chi connectivity index (χ3v) is 2.44. The van der Waals surface area contributed by atoms with Crippen LogP contribution >= 0.6 is 0 Å². The van der Waals surface area contributed by atoms with Gasteiger partial charge in [-0.1, -0.05) is 20.8 Å². The normalized spacial score (nSPS) is 11.4. The van der Waals surface area contributed by atoms with Gasteiger partial charge < -0.3 is 9.84 Å². The third kappa shape index (κ3) is 4.88. The molecule has 78 valence electrons. The van der Waals surface area contributed by atoms with Gasteiger partial charge >= 0.3 is 5.97 Å². The topological polar surface area (TPSA) is 46.5 Å². The van der Waals surface area contributed by atoms with Crippen LogP contribution in [-0.4, -0.2) is 23.3 Å². The molecule has 0 saturated carbocycles. The Bertz CT molecular complexity index is 150. The molecule has 0 aliphatic rings. The van der Waals surface area contributed by atoms with Crippen molar-refractivity contribution in [3.63, 3.8) is 0 Å². The van der Waals surface area contributed by atoms with E-state index in [0.29, 0.717) is 32.3 Å². The standard InChI is InChI=1S/C10H20O3/c1-4-9(11)13-8-7-10(12,5-2)6-3/h12H,4-8H2,1-3H3. The first kappa shape index (κ1) is 12.4. The van der Waals surface area contributed by atoms with Crippen molar-refractivity contribution < 1.29 is 14.6 Å². The first-order chi connectivity index (χ1) is 6.08. The van der Waals surface area contributed by atoms with Gasteiger partial charge in [-0.25, -0.2) is 0 Å². The van der Waals surface area contributed by atoms with Crippen LogP contribution in [0.25, 0.3) is 0 Å². The summed E-state index contributed by atoms with van der Waals surface area (Å²) in [5, 5.41) is 9.82. The summed E-state index contributed by atoms with van der Waals surface area (Å²) >= 11 is 0. The van der Waals surface area contributed by atoms with Gasteiger partial charge in [-0.15, -0.1) is 0 Å². The Labute approximate surface area is 80.1 Å². The number of rotatable bonds is 6. The van der Waals surface area contributed by atoms with Gasteiger partial charge in [-0.05, 0) is 12.8 Å². The van der Waals surface area contributed by atoms with Crippen molar-refractivity contribution in [2.75, 3.05) is 6.61 Å². The van der Waals surface area contributed by atoms with Crippen molar-refractivity contribution >= 4 is 5.97 Å². The van der Waals surface area contributed by atoms with Gasteiger partial charge in [-0.2, -0.15) is 0 Å². The van der Waals surface area contributed by atoms with Crippen LogP contribution in [0.15, 0.2) is 0 Å². The summed E-state index contributed by atoms with van der Waals surface area (Å²) in [5.74, 6) is -0.199. The highest BCUT2D eigenvalue weighted by Gasteiger charge is 2.21. The van der Waals surface area contributed by atoms with Crippen molar-refractivity contribution in [1.82, 2.24) is 0 Å². The average Bonchev–Trinajstić information content (AvgIpc) is 2.17. The minimum absolute atomic E-state index is 0.199. The maximum atomic E-state index is 10.8. The molecule has 0 aliphatic carbocycles. The second-order valence-electron chi connectivity index (χ2n) is 3.26. The fraction of sp³-hybridized carbons (Fsp3) is 0.900. The van der Waals surface area contributed by atoms with Gasteiger partial charge in [-0.3, -0.25) is 4.79 Å². The Hall–Kier alpha value is -0.570. The van der Waals surface area contributed by atoms with E-state index in [4.69, 9.17) is 4.74 Å². The predicted octanol–water partition coefficient (Wildman–Crippen LogP) is 1.88. The van der Waals surface area contributed by atoms with E-state index in [2.05, 4.69) is 0 Å². The average molecular weight is 188 g/mol. The Morgan fingerprint density at radius 3 is 2.23 bits per heavy atom. The zero-order chi connectivity index (χ0) is 10.3. The smallest absolute Gasteiger partial charge is 0.305 e. The quantitative estimate of drug-likeness (QED) is 0.647. The van der Waals surface area contributed by atoms with Crippen LogP contribution in [0, 0.1) is 0 Å². The molecule has 1 N–H and O–H groups in total. The summed E-state index contributed by atoms with van der Waals surface area (Å²) in [5.41, 5.74) is -0.659. The Morgan fingerprint density at radius 1 is 1.31 bits per heavy atom. The molecule has 0 rings (SSSR count). The molecule has 0 unspecified atom stereocenters. The highest BCUT2D eigenvalue weighted by Crippen LogP contribution is 2.18. The highest BCUT2D eigenvalue weighted by atomic mass is 16.5. The molecule has 0 aromatic rings. The summed E-state index contributed by atoms with van der Waals surface area (Å²) in [7, 11) is 0. The summed E-state index contributed by atoms with van der Waals surface area (Å²) in [6.45, 7) is 5.95. The first-order valence-corrected chi connectivity index (χ1v) is 4.96. The number of hydrogen-bond donors (Lipinski definition) is 1. The van der Waals surface area contributed by atoms with E-state index in [1.165, 1.54) is 0 Å². The first-order valence-electron chi connectivity index (χ1n) is 4.96. The maximum Gasteiger partial charge on any atom is 0.305 e. The third-order valence-electron chi connectivity index (χ3n) is 2.44. The second kappa shape index (κ2) is 5.97. The summed E-state index contributed by atoms with van der Waals surface area (Å²) in [4.78, 5) is 10.8. The molecule has 0 fully saturated rings. The van der Waals surface area contributed by atoms with Gasteiger partial charge in [0, 0.05) is 12.8 Å². The molecule has 0 amide bonds. The Balaban J connectivity index is 3.67. The Kier molecular flexibility index (Phi) is 5.71. The van der Waals surface area contributed by atoms with Gasteiger partial charge in [0.1, 0.15) is 0 Å². The van der Waals surface area contributed by atoms with Crippen molar-refractivity contribution in [3.05, 3.63) is 0 Å². The van der Waals surface area contributed by atoms with Crippen molar-refractivity contribution in [1.29, 1.82) is 0 Å². The summed E-state index contributed by atoms with van der Waals surface area (Å²) in [6, 6.07) is 0. The van der Waals surface area contributed by atoms with E-state index >= 15 is 0 Å². The lowest BCUT2D eigenvalue weighted by Crippen LogP contribution is -2.28. The molecular weight excluding hydrogens is 168 g/mol. The molecule has 0 spiro atoms. The zero-order valence-corrected chi connectivity index (χ0v) is 8.80. The summed E-state index contributed by atoms with van der Waals surface area (Å²) in [6.07, 6.45) is 2.34.